The second-order valence-electron chi connectivity index (χ2n) is 6.55. The lowest BCUT2D eigenvalue weighted by atomic mass is 9.92. The van der Waals surface area contributed by atoms with Gasteiger partial charge in [-0.3, -0.25) is 4.90 Å². The average Bonchev–Trinajstić information content (AvgIpc) is 2.34. The standard InChI is InChI=1S/C16H25BrN2/c1-12(2)15-10-19(16(3,4)11-18-15)9-13-5-7-14(17)8-6-13/h5-8,12,15,18H,9-11H2,1-4H3. The van der Waals surface area contributed by atoms with Crippen LogP contribution in [0.1, 0.15) is 33.3 Å². The van der Waals surface area contributed by atoms with Gasteiger partial charge in [0.1, 0.15) is 0 Å². The van der Waals surface area contributed by atoms with Gasteiger partial charge in [0.05, 0.1) is 0 Å². The molecule has 1 aliphatic heterocycles. The van der Waals surface area contributed by atoms with Crippen molar-refractivity contribution in [3.05, 3.63) is 34.3 Å². The fraction of sp³-hybridized carbons (Fsp3) is 0.625. The molecule has 1 atom stereocenters. The first kappa shape index (κ1) is 15.0. The molecule has 0 saturated carbocycles. The summed E-state index contributed by atoms with van der Waals surface area (Å²) in [5.74, 6) is 0.684. The first-order valence-electron chi connectivity index (χ1n) is 7.11. The van der Waals surface area contributed by atoms with Crippen LogP contribution in [0.25, 0.3) is 0 Å². The number of halogens is 1. The molecule has 1 unspecified atom stereocenters. The maximum atomic E-state index is 3.68. The molecule has 0 amide bonds. The third-order valence-electron chi connectivity index (χ3n) is 4.16. The summed E-state index contributed by atoms with van der Waals surface area (Å²) in [7, 11) is 0. The Morgan fingerprint density at radius 1 is 1.32 bits per heavy atom. The van der Waals surface area contributed by atoms with Crippen LogP contribution in [0.4, 0.5) is 0 Å². The predicted molar refractivity (Wildman–Crippen MR) is 85.3 cm³/mol. The Morgan fingerprint density at radius 2 is 1.95 bits per heavy atom. The van der Waals surface area contributed by atoms with Crippen molar-refractivity contribution < 1.29 is 0 Å². The van der Waals surface area contributed by atoms with E-state index in [0.717, 1.165) is 24.1 Å². The van der Waals surface area contributed by atoms with E-state index in [1.807, 2.05) is 0 Å². The van der Waals surface area contributed by atoms with Crippen molar-refractivity contribution >= 4 is 15.9 Å². The number of nitrogens with zero attached hydrogens (tertiary/aromatic N) is 1. The molecule has 1 saturated heterocycles. The molecule has 2 nitrogen and oxygen atoms in total. The van der Waals surface area contributed by atoms with Crippen molar-refractivity contribution in [1.82, 2.24) is 10.2 Å². The summed E-state index contributed by atoms with van der Waals surface area (Å²) in [6, 6.07) is 9.29. The van der Waals surface area contributed by atoms with Crippen molar-refractivity contribution in [2.24, 2.45) is 5.92 Å². The minimum atomic E-state index is 0.221. The van der Waals surface area contributed by atoms with Gasteiger partial charge in [0.2, 0.25) is 0 Å². The molecule has 0 aromatic heterocycles. The first-order chi connectivity index (χ1) is 8.88. The van der Waals surface area contributed by atoms with Gasteiger partial charge in [-0.1, -0.05) is 41.9 Å². The summed E-state index contributed by atoms with van der Waals surface area (Å²) in [6.45, 7) is 12.5. The van der Waals surface area contributed by atoms with Gasteiger partial charge >= 0.3 is 0 Å². The lowest BCUT2D eigenvalue weighted by Crippen LogP contribution is -2.62. The van der Waals surface area contributed by atoms with Gasteiger partial charge in [0, 0.05) is 35.7 Å². The van der Waals surface area contributed by atoms with Gasteiger partial charge in [-0.05, 0) is 37.5 Å². The summed E-state index contributed by atoms with van der Waals surface area (Å²) in [6.07, 6.45) is 0. The highest BCUT2D eigenvalue weighted by Gasteiger charge is 2.34. The van der Waals surface area contributed by atoms with E-state index in [2.05, 4.69) is 78.1 Å². The van der Waals surface area contributed by atoms with E-state index in [1.165, 1.54) is 5.56 Å². The minimum absolute atomic E-state index is 0.221. The largest absolute Gasteiger partial charge is 0.311 e. The number of benzene rings is 1. The normalized spacial score (nSPS) is 23.8. The summed E-state index contributed by atoms with van der Waals surface area (Å²) in [4.78, 5) is 2.61. The van der Waals surface area contributed by atoms with E-state index < -0.39 is 0 Å². The molecular formula is C16H25BrN2. The Labute approximate surface area is 125 Å². The van der Waals surface area contributed by atoms with Crippen molar-refractivity contribution in [1.29, 1.82) is 0 Å². The maximum absolute atomic E-state index is 3.68. The summed E-state index contributed by atoms with van der Waals surface area (Å²) >= 11 is 3.50. The molecule has 1 heterocycles. The van der Waals surface area contributed by atoms with Crippen LogP contribution in [-0.2, 0) is 6.54 Å². The van der Waals surface area contributed by atoms with Crippen LogP contribution in [0.15, 0.2) is 28.7 Å². The Bertz CT molecular complexity index is 411. The molecule has 1 aromatic rings. The second-order valence-corrected chi connectivity index (χ2v) is 7.47. The van der Waals surface area contributed by atoms with Crippen molar-refractivity contribution in [3.63, 3.8) is 0 Å². The number of rotatable bonds is 3. The van der Waals surface area contributed by atoms with Crippen LogP contribution < -0.4 is 5.32 Å². The molecule has 0 aliphatic carbocycles. The third-order valence-corrected chi connectivity index (χ3v) is 4.69. The molecule has 1 aromatic carbocycles. The zero-order valence-electron chi connectivity index (χ0n) is 12.4. The average molecular weight is 325 g/mol. The Hall–Kier alpha value is -0.380. The highest BCUT2D eigenvalue weighted by atomic mass is 79.9. The van der Waals surface area contributed by atoms with Crippen LogP contribution in [0.3, 0.4) is 0 Å². The van der Waals surface area contributed by atoms with E-state index in [-0.39, 0.29) is 5.54 Å². The molecule has 3 heteroatoms. The molecule has 2 rings (SSSR count). The topological polar surface area (TPSA) is 15.3 Å². The Kier molecular flexibility index (Phi) is 4.70. The van der Waals surface area contributed by atoms with E-state index in [9.17, 15) is 0 Å². The molecule has 0 bridgehead atoms. The van der Waals surface area contributed by atoms with Crippen molar-refractivity contribution in [2.45, 2.75) is 45.8 Å². The molecule has 19 heavy (non-hydrogen) atoms. The van der Waals surface area contributed by atoms with Crippen LogP contribution in [-0.4, -0.2) is 29.6 Å². The van der Waals surface area contributed by atoms with E-state index in [4.69, 9.17) is 0 Å². The van der Waals surface area contributed by atoms with Crippen LogP contribution in [0.2, 0.25) is 0 Å². The first-order valence-corrected chi connectivity index (χ1v) is 7.91. The number of hydrogen-bond donors (Lipinski definition) is 1. The van der Waals surface area contributed by atoms with Gasteiger partial charge in [0.15, 0.2) is 0 Å². The molecule has 106 valence electrons. The second kappa shape index (κ2) is 5.94. The Balaban J connectivity index is 2.08. The van der Waals surface area contributed by atoms with Gasteiger partial charge < -0.3 is 5.32 Å². The van der Waals surface area contributed by atoms with E-state index in [0.29, 0.717) is 12.0 Å². The lowest BCUT2D eigenvalue weighted by molar-refractivity contribution is 0.0475. The SMILES string of the molecule is CC(C)C1CN(Cc2ccc(Br)cc2)C(C)(C)CN1. The quantitative estimate of drug-likeness (QED) is 0.912. The predicted octanol–water partition coefficient (Wildman–Crippen LogP) is 3.66. The molecule has 0 spiro atoms. The zero-order valence-corrected chi connectivity index (χ0v) is 14.0. The van der Waals surface area contributed by atoms with Crippen molar-refractivity contribution in [2.75, 3.05) is 13.1 Å². The molecule has 1 aliphatic rings. The van der Waals surface area contributed by atoms with Crippen LogP contribution >= 0.6 is 15.9 Å². The van der Waals surface area contributed by atoms with Gasteiger partial charge in [-0.15, -0.1) is 0 Å². The monoisotopic (exact) mass is 324 g/mol. The summed E-state index contributed by atoms with van der Waals surface area (Å²) in [5, 5.41) is 3.68. The summed E-state index contributed by atoms with van der Waals surface area (Å²) in [5.41, 5.74) is 1.61. The van der Waals surface area contributed by atoms with Crippen molar-refractivity contribution in [3.8, 4) is 0 Å². The van der Waals surface area contributed by atoms with Gasteiger partial charge in [0.25, 0.3) is 0 Å². The van der Waals surface area contributed by atoms with Crippen LogP contribution in [0, 0.1) is 5.92 Å². The van der Waals surface area contributed by atoms with Crippen LogP contribution in [0.5, 0.6) is 0 Å². The molecule has 1 fully saturated rings. The molecular weight excluding hydrogens is 300 g/mol. The number of nitrogens with one attached hydrogen (secondary N) is 1. The van der Waals surface area contributed by atoms with E-state index >= 15 is 0 Å². The highest BCUT2D eigenvalue weighted by Crippen LogP contribution is 2.24. The minimum Gasteiger partial charge on any atom is -0.311 e. The maximum Gasteiger partial charge on any atom is 0.0281 e. The smallest absolute Gasteiger partial charge is 0.0281 e. The fourth-order valence-electron chi connectivity index (χ4n) is 2.58. The molecule has 1 N–H and O–H groups in total. The van der Waals surface area contributed by atoms with Gasteiger partial charge in [-0.2, -0.15) is 0 Å². The van der Waals surface area contributed by atoms with Gasteiger partial charge in [-0.25, -0.2) is 0 Å². The zero-order chi connectivity index (χ0) is 14.0. The van der Waals surface area contributed by atoms with E-state index in [1.54, 1.807) is 0 Å². The number of piperazine rings is 1. The Morgan fingerprint density at radius 3 is 2.53 bits per heavy atom. The summed E-state index contributed by atoms with van der Waals surface area (Å²) < 4.78 is 1.15. The lowest BCUT2D eigenvalue weighted by Gasteiger charge is -2.47. The highest BCUT2D eigenvalue weighted by molar-refractivity contribution is 9.10. The third kappa shape index (κ3) is 3.80. The molecule has 0 radical (unpaired) electrons. The number of hydrogen-bond acceptors (Lipinski definition) is 2. The fourth-order valence-corrected chi connectivity index (χ4v) is 2.84.